The van der Waals surface area contributed by atoms with E-state index in [0.717, 1.165) is 11.8 Å². The fourth-order valence-corrected chi connectivity index (χ4v) is 3.01. The Balaban J connectivity index is 2.71. The van der Waals surface area contributed by atoms with Crippen LogP contribution in [0.3, 0.4) is 0 Å². The molecular formula is C13H9Cl2N2O3S-. The van der Waals surface area contributed by atoms with Gasteiger partial charge in [-0.1, -0.05) is 41.0 Å². The molecule has 21 heavy (non-hydrogen) atoms. The standard InChI is InChI=1S/C13H10Cl2N2O3S/c1-2-3-17-12(20)8-4-7(14)5-9(15)11(8)16-13(17)21-6-10(18)19/h2,4-5H,1,3,6H2,(H,18,19)/p-1. The summed E-state index contributed by atoms with van der Waals surface area (Å²) in [4.78, 5) is 27.3. The molecule has 0 unspecified atom stereocenters. The van der Waals surface area contributed by atoms with Crippen LogP contribution in [0.4, 0.5) is 0 Å². The zero-order valence-electron chi connectivity index (χ0n) is 10.6. The van der Waals surface area contributed by atoms with Crippen LogP contribution < -0.4 is 10.7 Å². The fourth-order valence-electron chi connectivity index (χ4n) is 1.75. The summed E-state index contributed by atoms with van der Waals surface area (Å²) in [6.45, 7) is 3.77. The Morgan fingerprint density at radius 3 is 2.81 bits per heavy atom. The fraction of sp³-hybridized carbons (Fsp3) is 0.154. The smallest absolute Gasteiger partial charge is 0.262 e. The highest BCUT2D eigenvalue weighted by molar-refractivity contribution is 7.99. The Morgan fingerprint density at radius 2 is 2.19 bits per heavy atom. The van der Waals surface area contributed by atoms with Crippen molar-refractivity contribution >= 4 is 51.8 Å². The van der Waals surface area contributed by atoms with Gasteiger partial charge in [0.1, 0.15) is 0 Å². The van der Waals surface area contributed by atoms with Gasteiger partial charge in [-0.3, -0.25) is 9.36 Å². The Kier molecular flexibility index (Phi) is 4.92. The summed E-state index contributed by atoms with van der Waals surface area (Å²) in [5, 5.41) is 11.7. The third kappa shape index (κ3) is 3.40. The number of hydrogen-bond donors (Lipinski definition) is 0. The van der Waals surface area contributed by atoms with Gasteiger partial charge in [-0.15, -0.1) is 6.58 Å². The molecule has 0 aliphatic rings. The molecule has 0 radical (unpaired) electrons. The lowest BCUT2D eigenvalue weighted by atomic mass is 10.2. The number of allylic oxidation sites excluding steroid dienone is 1. The van der Waals surface area contributed by atoms with Gasteiger partial charge in [0.15, 0.2) is 5.16 Å². The Bertz CT molecular complexity index is 789. The molecule has 0 saturated heterocycles. The third-order valence-corrected chi connectivity index (χ3v) is 4.03. The maximum atomic E-state index is 12.5. The van der Waals surface area contributed by atoms with Gasteiger partial charge in [0.25, 0.3) is 5.56 Å². The molecule has 0 aliphatic heterocycles. The van der Waals surface area contributed by atoms with Gasteiger partial charge in [0, 0.05) is 17.3 Å². The van der Waals surface area contributed by atoms with Crippen molar-refractivity contribution in [3.8, 4) is 0 Å². The van der Waals surface area contributed by atoms with Gasteiger partial charge in [0.05, 0.1) is 21.9 Å². The SMILES string of the molecule is C=CCn1c(SCC(=O)[O-])nc2c(Cl)cc(Cl)cc2c1=O. The summed E-state index contributed by atoms with van der Waals surface area (Å²) in [5.41, 5.74) is -0.0719. The molecule has 0 bridgehead atoms. The van der Waals surface area contributed by atoms with E-state index in [1.54, 1.807) is 0 Å². The van der Waals surface area contributed by atoms with Crippen molar-refractivity contribution in [3.05, 3.63) is 45.2 Å². The van der Waals surface area contributed by atoms with E-state index in [1.165, 1.54) is 22.8 Å². The summed E-state index contributed by atoms with van der Waals surface area (Å²) >= 11 is 12.8. The Labute approximate surface area is 134 Å². The van der Waals surface area contributed by atoms with Crippen molar-refractivity contribution in [3.63, 3.8) is 0 Å². The number of rotatable bonds is 5. The largest absolute Gasteiger partial charge is 0.549 e. The number of nitrogens with zero attached hydrogens (tertiary/aromatic N) is 2. The first-order valence-electron chi connectivity index (χ1n) is 5.77. The summed E-state index contributed by atoms with van der Waals surface area (Å²) in [6.07, 6.45) is 1.52. The second kappa shape index (κ2) is 6.51. The first kappa shape index (κ1) is 15.9. The van der Waals surface area contributed by atoms with E-state index in [9.17, 15) is 14.7 Å². The van der Waals surface area contributed by atoms with Crippen LogP contribution in [0.2, 0.25) is 10.0 Å². The third-order valence-electron chi connectivity index (χ3n) is 2.57. The molecule has 0 aliphatic carbocycles. The van der Waals surface area contributed by atoms with Gasteiger partial charge in [-0.05, 0) is 12.1 Å². The number of hydrogen-bond acceptors (Lipinski definition) is 5. The van der Waals surface area contributed by atoms with Crippen LogP contribution in [0.15, 0.2) is 34.7 Å². The molecule has 5 nitrogen and oxygen atoms in total. The normalized spacial score (nSPS) is 10.8. The molecule has 1 aromatic heterocycles. The number of carbonyl (C=O) groups is 1. The number of carbonyl (C=O) groups excluding carboxylic acids is 1. The molecule has 0 N–H and O–H groups in total. The molecule has 2 rings (SSSR count). The minimum Gasteiger partial charge on any atom is -0.549 e. The van der Waals surface area contributed by atoms with Crippen LogP contribution in [0.25, 0.3) is 10.9 Å². The molecule has 8 heteroatoms. The van der Waals surface area contributed by atoms with E-state index < -0.39 is 5.97 Å². The van der Waals surface area contributed by atoms with E-state index in [4.69, 9.17) is 23.2 Å². The lowest BCUT2D eigenvalue weighted by Gasteiger charge is -2.12. The second-order valence-electron chi connectivity index (χ2n) is 4.04. The maximum Gasteiger partial charge on any atom is 0.262 e. The van der Waals surface area contributed by atoms with Crippen LogP contribution in [-0.4, -0.2) is 21.3 Å². The van der Waals surface area contributed by atoms with E-state index >= 15 is 0 Å². The number of thioether (sulfide) groups is 1. The predicted octanol–water partition coefficient (Wildman–Crippen LogP) is 1.73. The molecule has 2 aromatic rings. The Hall–Kier alpha value is -1.50. The van der Waals surface area contributed by atoms with Gasteiger partial charge < -0.3 is 9.90 Å². The van der Waals surface area contributed by atoms with Crippen molar-refractivity contribution in [2.24, 2.45) is 0 Å². The lowest BCUT2D eigenvalue weighted by molar-refractivity contribution is -0.301. The summed E-state index contributed by atoms with van der Waals surface area (Å²) in [5.74, 6) is -1.57. The number of halogens is 2. The molecule has 0 atom stereocenters. The monoisotopic (exact) mass is 343 g/mol. The van der Waals surface area contributed by atoms with Crippen LogP contribution in [0, 0.1) is 0 Å². The first-order chi connectivity index (χ1) is 9.93. The second-order valence-corrected chi connectivity index (χ2v) is 5.83. The summed E-state index contributed by atoms with van der Waals surface area (Å²) in [7, 11) is 0. The average Bonchev–Trinajstić information content (AvgIpc) is 2.41. The lowest BCUT2D eigenvalue weighted by Crippen LogP contribution is -2.26. The van der Waals surface area contributed by atoms with Crippen molar-refractivity contribution < 1.29 is 9.90 Å². The highest BCUT2D eigenvalue weighted by Gasteiger charge is 2.14. The van der Waals surface area contributed by atoms with Gasteiger partial charge in [0.2, 0.25) is 0 Å². The molecule has 0 saturated carbocycles. The topological polar surface area (TPSA) is 75.0 Å². The minimum atomic E-state index is -1.25. The first-order valence-corrected chi connectivity index (χ1v) is 7.51. The number of fused-ring (bicyclic) bond motifs is 1. The van der Waals surface area contributed by atoms with E-state index in [0.29, 0.717) is 5.02 Å². The molecule has 1 heterocycles. The summed E-state index contributed by atoms with van der Waals surface area (Å²) in [6, 6.07) is 2.95. The number of benzene rings is 1. The van der Waals surface area contributed by atoms with Gasteiger partial charge in [-0.25, -0.2) is 4.98 Å². The number of carboxylic acid groups (broad SMARTS) is 1. The number of aliphatic carboxylic acids is 1. The summed E-state index contributed by atoms with van der Waals surface area (Å²) < 4.78 is 1.32. The Morgan fingerprint density at radius 1 is 1.48 bits per heavy atom. The van der Waals surface area contributed by atoms with Crippen molar-refractivity contribution in [1.82, 2.24) is 9.55 Å². The molecule has 0 fully saturated rings. The minimum absolute atomic E-state index is 0.196. The molecule has 110 valence electrons. The van der Waals surface area contributed by atoms with Crippen LogP contribution in [0.1, 0.15) is 0 Å². The van der Waals surface area contributed by atoms with Gasteiger partial charge in [-0.2, -0.15) is 0 Å². The van der Waals surface area contributed by atoms with Crippen molar-refractivity contribution in [1.29, 1.82) is 0 Å². The van der Waals surface area contributed by atoms with E-state index in [1.807, 2.05) is 0 Å². The van der Waals surface area contributed by atoms with Gasteiger partial charge >= 0.3 is 0 Å². The van der Waals surface area contributed by atoms with Crippen LogP contribution >= 0.6 is 35.0 Å². The molecule has 0 amide bonds. The highest BCUT2D eigenvalue weighted by atomic mass is 35.5. The maximum absolute atomic E-state index is 12.5. The molecule has 0 spiro atoms. The number of carboxylic acids is 1. The predicted molar refractivity (Wildman–Crippen MR) is 82.0 cm³/mol. The highest BCUT2D eigenvalue weighted by Crippen LogP contribution is 2.26. The van der Waals surface area contributed by atoms with Crippen molar-refractivity contribution in [2.45, 2.75) is 11.7 Å². The number of aromatic nitrogens is 2. The van der Waals surface area contributed by atoms with Crippen molar-refractivity contribution in [2.75, 3.05) is 5.75 Å². The van der Waals surface area contributed by atoms with Crippen LogP contribution in [-0.2, 0) is 11.3 Å². The molecular weight excluding hydrogens is 335 g/mol. The van der Waals surface area contributed by atoms with Crippen LogP contribution in [0.5, 0.6) is 0 Å². The molecule has 1 aromatic carbocycles. The van der Waals surface area contributed by atoms with E-state index in [-0.39, 0.29) is 38.9 Å². The zero-order valence-corrected chi connectivity index (χ0v) is 13.0. The van der Waals surface area contributed by atoms with E-state index in [2.05, 4.69) is 11.6 Å². The zero-order chi connectivity index (χ0) is 15.6. The average molecular weight is 344 g/mol. The quantitative estimate of drug-likeness (QED) is 0.469.